The van der Waals surface area contributed by atoms with Gasteiger partial charge < -0.3 is 11.1 Å². The van der Waals surface area contributed by atoms with Crippen LogP contribution in [0.15, 0.2) is 18.2 Å². The summed E-state index contributed by atoms with van der Waals surface area (Å²) in [7, 11) is 0. The molecule has 0 saturated heterocycles. The van der Waals surface area contributed by atoms with E-state index in [-0.39, 0.29) is 17.8 Å². The highest BCUT2D eigenvalue weighted by Gasteiger charge is 2.25. The van der Waals surface area contributed by atoms with Crippen LogP contribution in [-0.2, 0) is 0 Å². The lowest BCUT2D eigenvalue weighted by atomic mass is 10.1. The van der Waals surface area contributed by atoms with E-state index < -0.39 is 11.6 Å². The van der Waals surface area contributed by atoms with Gasteiger partial charge in [-0.3, -0.25) is 0 Å². The molecule has 0 aliphatic heterocycles. The van der Waals surface area contributed by atoms with Crippen molar-refractivity contribution >= 4 is 5.69 Å². The summed E-state index contributed by atoms with van der Waals surface area (Å²) in [5.41, 5.74) is 5.76. The quantitative estimate of drug-likeness (QED) is 0.789. The molecule has 2 rings (SSSR count). The van der Waals surface area contributed by atoms with Gasteiger partial charge in [-0.05, 0) is 31.4 Å². The van der Waals surface area contributed by atoms with Crippen LogP contribution < -0.4 is 11.1 Å². The topological polar surface area (TPSA) is 38.0 Å². The SMILES string of the molecule is N[C@@H]1CCC[C@@H]1Nc1c(F)cccc1F. The number of hydrogen-bond donors (Lipinski definition) is 2. The number of rotatable bonds is 2. The molecule has 0 amide bonds. The molecule has 0 aromatic heterocycles. The third-order valence-electron chi connectivity index (χ3n) is 2.86. The smallest absolute Gasteiger partial charge is 0.149 e. The lowest BCUT2D eigenvalue weighted by Crippen LogP contribution is -2.35. The van der Waals surface area contributed by atoms with E-state index in [2.05, 4.69) is 5.32 Å². The first-order chi connectivity index (χ1) is 7.18. The predicted molar refractivity (Wildman–Crippen MR) is 55.6 cm³/mol. The second-order valence-electron chi connectivity index (χ2n) is 3.94. The van der Waals surface area contributed by atoms with Crippen LogP contribution in [0.4, 0.5) is 14.5 Å². The van der Waals surface area contributed by atoms with E-state index in [4.69, 9.17) is 5.73 Å². The lowest BCUT2D eigenvalue weighted by molar-refractivity contribution is 0.571. The second-order valence-corrected chi connectivity index (χ2v) is 3.94. The van der Waals surface area contributed by atoms with Crippen LogP contribution in [0.25, 0.3) is 0 Å². The first-order valence-electron chi connectivity index (χ1n) is 5.14. The van der Waals surface area contributed by atoms with Gasteiger partial charge in [-0.2, -0.15) is 0 Å². The average molecular weight is 212 g/mol. The van der Waals surface area contributed by atoms with Gasteiger partial charge in [0.15, 0.2) is 0 Å². The minimum atomic E-state index is -0.561. The maximum Gasteiger partial charge on any atom is 0.149 e. The van der Waals surface area contributed by atoms with E-state index in [1.54, 1.807) is 0 Å². The number of nitrogens with one attached hydrogen (secondary N) is 1. The zero-order valence-corrected chi connectivity index (χ0v) is 8.34. The molecule has 0 spiro atoms. The molecule has 0 bridgehead atoms. The lowest BCUT2D eigenvalue weighted by Gasteiger charge is -2.19. The van der Waals surface area contributed by atoms with Crippen molar-refractivity contribution in [2.24, 2.45) is 5.73 Å². The van der Waals surface area contributed by atoms with Gasteiger partial charge in [0.2, 0.25) is 0 Å². The summed E-state index contributed by atoms with van der Waals surface area (Å²) in [6, 6.07) is 3.81. The Balaban J connectivity index is 2.16. The van der Waals surface area contributed by atoms with Crippen molar-refractivity contribution in [2.75, 3.05) is 5.32 Å². The van der Waals surface area contributed by atoms with E-state index in [0.29, 0.717) is 0 Å². The largest absolute Gasteiger partial charge is 0.376 e. The fraction of sp³-hybridized carbons (Fsp3) is 0.455. The third kappa shape index (κ3) is 2.09. The molecule has 1 aromatic carbocycles. The summed E-state index contributed by atoms with van der Waals surface area (Å²) in [5.74, 6) is -1.12. The van der Waals surface area contributed by atoms with Gasteiger partial charge in [0.1, 0.15) is 17.3 Å². The summed E-state index contributed by atoms with van der Waals surface area (Å²) >= 11 is 0. The van der Waals surface area contributed by atoms with E-state index >= 15 is 0 Å². The molecule has 15 heavy (non-hydrogen) atoms. The highest BCUT2D eigenvalue weighted by molar-refractivity contribution is 5.47. The van der Waals surface area contributed by atoms with Crippen molar-refractivity contribution in [3.05, 3.63) is 29.8 Å². The summed E-state index contributed by atoms with van der Waals surface area (Å²) in [6.07, 6.45) is 2.79. The molecular weight excluding hydrogens is 198 g/mol. The first kappa shape index (κ1) is 10.4. The highest BCUT2D eigenvalue weighted by Crippen LogP contribution is 2.25. The highest BCUT2D eigenvalue weighted by atomic mass is 19.1. The van der Waals surface area contributed by atoms with E-state index in [9.17, 15) is 8.78 Å². The number of benzene rings is 1. The zero-order valence-electron chi connectivity index (χ0n) is 8.34. The summed E-state index contributed by atoms with van der Waals surface area (Å²) in [6.45, 7) is 0. The fourth-order valence-corrected chi connectivity index (χ4v) is 1.99. The average Bonchev–Trinajstić information content (AvgIpc) is 2.58. The molecule has 3 N–H and O–H groups in total. The Hall–Kier alpha value is -1.16. The number of para-hydroxylation sites is 1. The molecule has 1 fully saturated rings. The van der Waals surface area contributed by atoms with E-state index in [0.717, 1.165) is 19.3 Å². The maximum atomic E-state index is 13.3. The standard InChI is InChI=1S/C11H14F2N2/c12-7-3-1-4-8(13)11(7)15-10-6-2-5-9(10)14/h1,3-4,9-10,15H,2,5-6,14H2/t9-,10+/m1/s1. The van der Waals surface area contributed by atoms with Crippen molar-refractivity contribution in [3.63, 3.8) is 0 Å². The molecular formula is C11H14F2N2. The summed E-state index contributed by atoms with van der Waals surface area (Å²) in [5, 5.41) is 2.85. The molecule has 4 heteroatoms. The number of nitrogens with two attached hydrogens (primary N) is 1. The van der Waals surface area contributed by atoms with Gasteiger partial charge in [0.05, 0.1) is 0 Å². The Bertz CT molecular complexity index is 334. The van der Waals surface area contributed by atoms with Gasteiger partial charge in [-0.25, -0.2) is 8.78 Å². The van der Waals surface area contributed by atoms with Crippen LogP contribution in [0.3, 0.4) is 0 Å². The van der Waals surface area contributed by atoms with Crippen molar-refractivity contribution in [3.8, 4) is 0 Å². The van der Waals surface area contributed by atoms with Crippen LogP contribution in [0.2, 0.25) is 0 Å². The van der Waals surface area contributed by atoms with Gasteiger partial charge >= 0.3 is 0 Å². The molecule has 1 aliphatic rings. The molecule has 0 heterocycles. The monoisotopic (exact) mass is 212 g/mol. The van der Waals surface area contributed by atoms with Gasteiger partial charge in [0, 0.05) is 12.1 Å². The second kappa shape index (κ2) is 4.14. The Morgan fingerprint density at radius 2 is 1.87 bits per heavy atom. The molecule has 1 aliphatic carbocycles. The summed E-state index contributed by atoms with van der Waals surface area (Å²) < 4.78 is 26.6. The molecule has 0 unspecified atom stereocenters. The number of halogens is 2. The molecule has 0 radical (unpaired) electrons. The van der Waals surface area contributed by atoms with Crippen LogP contribution in [0.5, 0.6) is 0 Å². The van der Waals surface area contributed by atoms with Crippen LogP contribution in [-0.4, -0.2) is 12.1 Å². The fourth-order valence-electron chi connectivity index (χ4n) is 1.99. The maximum absolute atomic E-state index is 13.3. The predicted octanol–water partition coefficient (Wildman–Crippen LogP) is 2.26. The minimum absolute atomic E-state index is 0.0102. The Morgan fingerprint density at radius 3 is 2.40 bits per heavy atom. The third-order valence-corrected chi connectivity index (χ3v) is 2.86. The molecule has 82 valence electrons. The Morgan fingerprint density at radius 1 is 1.20 bits per heavy atom. The van der Waals surface area contributed by atoms with Crippen molar-refractivity contribution in [1.29, 1.82) is 0 Å². The van der Waals surface area contributed by atoms with Crippen LogP contribution in [0.1, 0.15) is 19.3 Å². The van der Waals surface area contributed by atoms with E-state index in [1.807, 2.05) is 0 Å². The molecule has 1 saturated carbocycles. The van der Waals surface area contributed by atoms with E-state index in [1.165, 1.54) is 18.2 Å². The van der Waals surface area contributed by atoms with Crippen LogP contribution in [0, 0.1) is 11.6 Å². The first-order valence-corrected chi connectivity index (χ1v) is 5.14. The normalized spacial score (nSPS) is 25.5. The summed E-state index contributed by atoms with van der Waals surface area (Å²) in [4.78, 5) is 0. The van der Waals surface area contributed by atoms with Crippen molar-refractivity contribution in [1.82, 2.24) is 0 Å². The van der Waals surface area contributed by atoms with Crippen LogP contribution >= 0.6 is 0 Å². The molecule has 1 aromatic rings. The minimum Gasteiger partial charge on any atom is -0.376 e. The number of anilines is 1. The van der Waals surface area contributed by atoms with Crippen molar-refractivity contribution in [2.45, 2.75) is 31.3 Å². The van der Waals surface area contributed by atoms with Gasteiger partial charge in [0.25, 0.3) is 0 Å². The number of hydrogen-bond acceptors (Lipinski definition) is 2. The van der Waals surface area contributed by atoms with Crippen molar-refractivity contribution < 1.29 is 8.78 Å². The zero-order chi connectivity index (χ0) is 10.8. The van der Waals surface area contributed by atoms with Gasteiger partial charge in [-0.15, -0.1) is 0 Å². The van der Waals surface area contributed by atoms with Gasteiger partial charge in [-0.1, -0.05) is 6.07 Å². The molecule has 2 nitrogen and oxygen atoms in total. The Labute approximate surface area is 87.5 Å². The Kier molecular flexibility index (Phi) is 2.86. The molecule has 2 atom stereocenters.